The smallest absolute Gasteiger partial charge is 0.258 e. The molecule has 0 aliphatic rings. The fourth-order valence-corrected chi connectivity index (χ4v) is 1.18. The number of nitrogens with two attached hydrogens (primary N) is 1. The summed E-state index contributed by atoms with van der Waals surface area (Å²) in [5.41, 5.74) is 5.18. The van der Waals surface area contributed by atoms with E-state index in [1.807, 2.05) is 13.8 Å². The first kappa shape index (κ1) is 11.5. The molecule has 0 saturated carbocycles. The van der Waals surface area contributed by atoms with Crippen molar-refractivity contribution in [2.24, 2.45) is 11.7 Å². The fraction of sp³-hybridized carbons (Fsp3) is 0.364. The summed E-state index contributed by atoms with van der Waals surface area (Å²) < 4.78 is 17.9. The largest absolute Gasteiger partial charge is 0.480 e. The van der Waals surface area contributed by atoms with Crippen molar-refractivity contribution in [1.82, 2.24) is 0 Å². The monoisotopic (exact) mass is 211 g/mol. The maximum atomic E-state index is 12.6. The molecule has 1 aromatic rings. The first-order valence-electron chi connectivity index (χ1n) is 4.72. The Morgan fingerprint density at radius 3 is 2.27 bits per heavy atom. The van der Waals surface area contributed by atoms with E-state index in [9.17, 15) is 9.18 Å². The zero-order chi connectivity index (χ0) is 11.4. The minimum absolute atomic E-state index is 0.0208. The average molecular weight is 211 g/mol. The van der Waals surface area contributed by atoms with Gasteiger partial charge in [0.1, 0.15) is 11.6 Å². The molecule has 0 fully saturated rings. The average Bonchev–Trinajstić information content (AvgIpc) is 2.15. The zero-order valence-electron chi connectivity index (χ0n) is 8.74. The molecule has 1 amide bonds. The third-order valence-electron chi connectivity index (χ3n) is 1.96. The Bertz CT molecular complexity index is 335. The Morgan fingerprint density at radius 2 is 1.87 bits per heavy atom. The molecule has 1 unspecified atom stereocenters. The third kappa shape index (κ3) is 3.23. The number of primary amides is 1. The minimum atomic E-state index is -0.685. The summed E-state index contributed by atoms with van der Waals surface area (Å²) in [5.74, 6) is -0.446. The van der Waals surface area contributed by atoms with E-state index in [2.05, 4.69) is 0 Å². The topological polar surface area (TPSA) is 52.3 Å². The van der Waals surface area contributed by atoms with E-state index < -0.39 is 12.0 Å². The summed E-state index contributed by atoms with van der Waals surface area (Å²) in [6.45, 7) is 3.66. The summed E-state index contributed by atoms with van der Waals surface area (Å²) >= 11 is 0. The Balaban J connectivity index is 2.74. The lowest BCUT2D eigenvalue weighted by Gasteiger charge is -2.19. The molecule has 1 aromatic carbocycles. The number of rotatable bonds is 4. The van der Waals surface area contributed by atoms with Crippen LogP contribution < -0.4 is 10.5 Å². The van der Waals surface area contributed by atoms with E-state index in [-0.39, 0.29) is 11.7 Å². The molecule has 0 aliphatic heterocycles. The van der Waals surface area contributed by atoms with E-state index >= 15 is 0 Å². The van der Waals surface area contributed by atoms with Crippen molar-refractivity contribution in [3.63, 3.8) is 0 Å². The standard InChI is InChI=1S/C11H14FNO2/c1-7(2)10(11(13)14)15-9-5-3-8(12)4-6-9/h3-7,10H,1-2H3,(H2,13,14). The third-order valence-corrected chi connectivity index (χ3v) is 1.96. The summed E-state index contributed by atoms with van der Waals surface area (Å²) in [7, 11) is 0. The van der Waals surface area contributed by atoms with Gasteiger partial charge in [0.2, 0.25) is 0 Å². The molecule has 0 heterocycles. The predicted octanol–water partition coefficient (Wildman–Crippen LogP) is 1.71. The van der Waals surface area contributed by atoms with Crippen molar-refractivity contribution in [3.8, 4) is 5.75 Å². The van der Waals surface area contributed by atoms with Gasteiger partial charge in [-0.2, -0.15) is 0 Å². The molecule has 15 heavy (non-hydrogen) atoms. The Hall–Kier alpha value is -1.58. The highest BCUT2D eigenvalue weighted by atomic mass is 19.1. The van der Waals surface area contributed by atoms with Crippen LogP contribution in [0.2, 0.25) is 0 Å². The van der Waals surface area contributed by atoms with Crippen LogP contribution in [0.25, 0.3) is 0 Å². The Kier molecular flexibility index (Phi) is 3.66. The van der Waals surface area contributed by atoms with Gasteiger partial charge in [0.05, 0.1) is 0 Å². The van der Waals surface area contributed by atoms with Crippen molar-refractivity contribution in [1.29, 1.82) is 0 Å². The molecule has 0 saturated heterocycles. The van der Waals surface area contributed by atoms with E-state index in [1.54, 1.807) is 0 Å². The van der Waals surface area contributed by atoms with Gasteiger partial charge in [-0.05, 0) is 30.2 Å². The zero-order valence-corrected chi connectivity index (χ0v) is 8.74. The van der Waals surface area contributed by atoms with E-state index in [1.165, 1.54) is 24.3 Å². The second-order valence-corrected chi connectivity index (χ2v) is 3.64. The van der Waals surface area contributed by atoms with Crippen LogP contribution in [0.4, 0.5) is 4.39 Å². The molecule has 0 radical (unpaired) electrons. The highest BCUT2D eigenvalue weighted by molar-refractivity contribution is 5.79. The fourth-order valence-electron chi connectivity index (χ4n) is 1.18. The number of carbonyl (C=O) groups excluding carboxylic acids is 1. The predicted molar refractivity (Wildman–Crippen MR) is 54.8 cm³/mol. The number of benzene rings is 1. The van der Waals surface area contributed by atoms with E-state index in [4.69, 9.17) is 10.5 Å². The number of hydrogen-bond acceptors (Lipinski definition) is 2. The normalized spacial score (nSPS) is 12.5. The van der Waals surface area contributed by atoms with Gasteiger partial charge in [-0.15, -0.1) is 0 Å². The quantitative estimate of drug-likeness (QED) is 0.824. The van der Waals surface area contributed by atoms with Crippen LogP contribution in [-0.4, -0.2) is 12.0 Å². The van der Waals surface area contributed by atoms with Gasteiger partial charge < -0.3 is 10.5 Å². The maximum absolute atomic E-state index is 12.6. The lowest BCUT2D eigenvalue weighted by molar-refractivity contribution is -0.126. The molecular formula is C11H14FNO2. The molecule has 2 N–H and O–H groups in total. The van der Waals surface area contributed by atoms with Crippen molar-refractivity contribution in [2.45, 2.75) is 20.0 Å². The number of halogens is 1. The lowest BCUT2D eigenvalue weighted by Crippen LogP contribution is -2.37. The second kappa shape index (κ2) is 4.77. The first-order valence-corrected chi connectivity index (χ1v) is 4.72. The van der Waals surface area contributed by atoms with Gasteiger partial charge in [-0.25, -0.2) is 4.39 Å². The molecule has 4 heteroatoms. The molecular weight excluding hydrogens is 197 g/mol. The van der Waals surface area contributed by atoms with Crippen molar-refractivity contribution >= 4 is 5.91 Å². The number of amides is 1. The van der Waals surface area contributed by atoms with E-state index in [0.717, 1.165) is 0 Å². The van der Waals surface area contributed by atoms with Crippen molar-refractivity contribution in [3.05, 3.63) is 30.1 Å². The summed E-state index contributed by atoms with van der Waals surface area (Å²) in [5, 5.41) is 0. The van der Waals surface area contributed by atoms with Gasteiger partial charge in [0.15, 0.2) is 6.10 Å². The second-order valence-electron chi connectivity index (χ2n) is 3.64. The van der Waals surface area contributed by atoms with Crippen LogP contribution in [-0.2, 0) is 4.79 Å². The lowest BCUT2D eigenvalue weighted by atomic mass is 10.1. The minimum Gasteiger partial charge on any atom is -0.480 e. The van der Waals surface area contributed by atoms with Crippen LogP contribution >= 0.6 is 0 Å². The van der Waals surface area contributed by atoms with Gasteiger partial charge in [0.25, 0.3) is 5.91 Å². The van der Waals surface area contributed by atoms with Crippen molar-refractivity contribution in [2.75, 3.05) is 0 Å². The van der Waals surface area contributed by atoms with Gasteiger partial charge in [0, 0.05) is 0 Å². The molecule has 3 nitrogen and oxygen atoms in total. The van der Waals surface area contributed by atoms with Crippen molar-refractivity contribution < 1.29 is 13.9 Å². The van der Waals surface area contributed by atoms with Crippen LogP contribution in [0.1, 0.15) is 13.8 Å². The SMILES string of the molecule is CC(C)C(Oc1ccc(F)cc1)C(N)=O. The first-order chi connectivity index (χ1) is 7.00. The number of hydrogen-bond donors (Lipinski definition) is 1. The molecule has 0 spiro atoms. The maximum Gasteiger partial charge on any atom is 0.258 e. The van der Waals surface area contributed by atoms with Crippen LogP contribution in [0.15, 0.2) is 24.3 Å². The molecule has 1 rings (SSSR count). The summed E-state index contributed by atoms with van der Waals surface area (Å²) in [6, 6.07) is 5.47. The van der Waals surface area contributed by atoms with Gasteiger partial charge in [-0.1, -0.05) is 13.8 Å². The number of carbonyl (C=O) groups is 1. The Labute approximate surface area is 88.0 Å². The highest BCUT2D eigenvalue weighted by Crippen LogP contribution is 2.16. The number of ether oxygens (including phenoxy) is 1. The van der Waals surface area contributed by atoms with Crippen LogP contribution in [0, 0.1) is 11.7 Å². The Morgan fingerprint density at radius 1 is 1.33 bits per heavy atom. The molecule has 0 aromatic heterocycles. The van der Waals surface area contributed by atoms with Crippen LogP contribution in [0.5, 0.6) is 5.75 Å². The van der Waals surface area contributed by atoms with Gasteiger partial charge in [-0.3, -0.25) is 4.79 Å². The van der Waals surface area contributed by atoms with E-state index in [0.29, 0.717) is 5.75 Å². The molecule has 0 bridgehead atoms. The molecule has 82 valence electrons. The summed E-state index contributed by atoms with van der Waals surface area (Å²) in [6.07, 6.45) is -0.685. The highest BCUT2D eigenvalue weighted by Gasteiger charge is 2.21. The summed E-state index contributed by atoms with van der Waals surface area (Å²) in [4.78, 5) is 11.0. The van der Waals surface area contributed by atoms with Crippen LogP contribution in [0.3, 0.4) is 0 Å². The molecule has 1 atom stereocenters. The van der Waals surface area contributed by atoms with Gasteiger partial charge >= 0.3 is 0 Å². The molecule has 0 aliphatic carbocycles.